The van der Waals surface area contributed by atoms with Gasteiger partial charge in [0.25, 0.3) is 0 Å². The Bertz CT molecular complexity index is 413. The average Bonchev–Trinajstić information content (AvgIpc) is 2.31. The van der Waals surface area contributed by atoms with E-state index < -0.39 is 11.6 Å². The van der Waals surface area contributed by atoms with E-state index in [4.69, 9.17) is 4.74 Å². The molecule has 1 aromatic rings. The minimum atomic E-state index is -0.947. The smallest absolute Gasteiger partial charge is 0.200 e. The molecule has 1 rings (SSSR count). The second-order valence-electron chi connectivity index (χ2n) is 5.01. The van der Waals surface area contributed by atoms with Crippen LogP contribution in [-0.2, 0) is 0 Å². The Morgan fingerprint density at radius 3 is 2.58 bits per heavy atom. The first kappa shape index (κ1) is 16.4. The summed E-state index contributed by atoms with van der Waals surface area (Å²) in [7, 11) is 0. The van der Waals surface area contributed by atoms with Crippen molar-refractivity contribution in [3.8, 4) is 5.75 Å². The standard InChI is InChI=1S/C14H20BrF2NO/c1-9(2)4-5-18-8-10(3)19-13-7-11(15)6-12(16)14(13)17/h6-7,9-10,18H,4-5,8H2,1-3H3. The molecule has 0 aliphatic carbocycles. The predicted octanol–water partition coefficient (Wildman–Crippen LogP) is 4.13. The number of benzene rings is 1. The van der Waals surface area contributed by atoms with Crippen LogP contribution in [0.25, 0.3) is 0 Å². The van der Waals surface area contributed by atoms with E-state index in [1.165, 1.54) is 6.07 Å². The van der Waals surface area contributed by atoms with Crippen molar-refractivity contribution in [1.29, 1.82) is 0 Å². The molecule has 0 fully saturated rings. The van der Waals surface area contributed by atoms with Crippen molar-refractivity contribution in [2.24, 2.45) is 5.92 Å². The molecule has 5 heteroatoms. The van der Waals surface area contributed by atoms with E-state index in [0.29, 0.717) is 16.9 Å². The molecule has 0 amide bonds. The second-order valence-corrected chi connectivity index (χ2v) is 5.93. The lowest BCUT2D eigenvalue weighted by Gasteiger charge is -2.16. The lowest BCUT2D eigenvalue weighted by Crippen LogP contribution is -2.30. The third kappa shape index (κ3) is 5.87. The molecule has 1 atom stereocenters. The number of rotatable bonds is 7. The lowest BCUT2D eigenvalue weighted by molar-refractivity contribution is 0.204. The van der Waals surface area contributed by atoms with Crippen molar-refractivity contribution in [3.05, 3.63) is 28.2 Å². The highest BCUT2D eigenvalue weighted by atomic mass is 79.9. The van der Waals surface area contributed by atoms with E-state index in [2.05, 4.69) is 35.1 Å². The van der Waals surface area contributed by atoms with Gasteiger partial charge in [0.05, 0.1) is 0 Å². The van der Waals surface area contributed by atoms with Crippen LogP contribution in [0.3, 0.4) is 0 Å². The number of nitrogens with one attached hydrogen (secondary N) is 1. The average molecular weight is 336 g/mol. The van der Waals surface area contributed by atoms with Gasteiger partial charge in [0.1, 0.15) is 6.10 Å². The van der Waals surface area contributed by atoms with Gasteiger partial charge in [0.15, 0.2) is 11.6 Å². The molecule has 1 N–H and O–H groups in total. The maximum absolute atomic E-state index is 13.5. The van der Waals surface area contributed by atoms with Gasteiger partial charge in [-0.3, -0.25) is 0 Å². The SMILES string of the molecule is CC(C)CCNCC(C)Oc1cc(Br)cc(F)c1F. The Kier molecular flexibility index (Phi) is 6.72. The van der Waals surface area contributed by atoms with Crippen LogP contribution in [0.4, 0.5) is 8.78 Å². The van der Waals surface area contributed by atoms with Crippen molar-refractivity contribution in [1.82, 2.24) is 5.32 Å². The van der Waals surface area contributed by atoms with E-state index in [9.17, 15) is 8.78 Å². The summed E-state index contributed by atoms with van der Waals surface area (Å²) in [5, 5.41) is 3.23. The van der Waals surface area contributed by atoms with Gasteiger partial charge < -0.3 is 10.1 Å². The van der Waals surface area contributed by atoms with Crippen LogP contribution < -0.4 is 10.1 Å². The van der Waals surface area contributed by atoms with Gasteiger partial charge in [-0.2, -0.15) is 4.39 Å². The van der Waals surface area contributed by atoms with Gasteiger partial charge >= 0.3 is 0 Å². The lowest BCUT2D eigenvalue weighted by atomic mass is 10.1. The van der Waals surface area contributed by atoms with E-state index in [1.54, 1.807) is 0 Å². The molecule has 0 saturated carbocycles. The molecule has 108 valence electrons. The molecule has 0 radical (unpaired) electrons. The largest absolute Gasteiger partial charge is 0.486 e. The summed E-state index contributed by atoms with van der Waals surface area (Å²) in [4.78, 5) is 0. The summed E-state index contributed by atoms with van der Waals surface area (Å²) >= 11 is 3.11. The number of ether oxygens (including phenoxy) is 1. The van der Waals surface area contributed by atoms with Crippen LogP contribution in [0.5, 0.6) is 5.75 Å². The van der Waals surface area contributed by atoms with E-state index >= 15 is 0 Å². The van der Waals surface area contributed by atoms with Crippen molar-refractivity contribution >= 4 is 15.9 Å². The fraction of sp³-hybridized carbons (Fsp3) is 0.571. The molecule has 0 spiro atoms. The third-order valence-electron chi connectivity index (χ3n) is 2.62. The van der Waals surface area contributed by atoms with Gasteiger partial charge in [-0.05, 0) is 37.9 Å². The Balaban J connectivity index is 2.46. The number of hydrogen-bond acceptors (Lipinski definition) is 2. The molecule has 0 bridgehead atoms. The first-order chi connectivity index (χ1) is 8.90. The van der Waals surface area contributed by atoms with Crippen LogP contribution in [-0.4, -0.2) is 19.2 Å². The fourth-order valence-corrected chi connectivity index (χ4v) is 1.98. The van der Waals surface area contributed by atoms with Crippen molar-refractivity contribution in [3.63, 3.8) is 0 Å². The maximum Gasteiger partial charge on any atom is 0.200 e. The highest BCUT2D eigenvalue weighted by Crippen LogP contribution is 2.26. The molecule has 0 aliphatic rings. The van der Waals surface area contributed by atoms with E-state index in [-0.39, 0.29) is 11.9 Å². The molecular formula is C14H20BrF2NO. The summed E-state index contributed by atoms with van der Waals surface area (Å²) in [5.74, 6) is -1.29. The predicted molar refractivity (Wildman–Crippen MR) is 76.5 cm³/mol. The van der Waals surface area contributed by atoms with Crippen LogP contribution in [0, 0.1) is 17.6 Å². The molecule has 0 saturated heterocycles. The molecule has 2 nitrogen and oxygen atoms in total. The Morgan fingerprint density at radius 1 is 1.26 bits per heavy atom. The first-order valence-electron chi connectivity index (χ1n) is 6.42. The zero-order valence-corrected chi connectivity index (χ0v) is 13.1. The highest BCUT2D eigenvalue weighted by Gasteiger charge is 2.13. The highest BCUT2D eigenvalue weighted by molar-refractivity contribution is 9.10. The Labute approximate surface area is 121 Å². The molecular weight excluding hydrogens is 316 g/mol. The van der Waals surface area contributed by atoms with E-state index in [0.717, 1.165) is 19.0 Å². The van der Waals surface area contributed by atoms with Gasteiger partial charge in [0, 0.05) is 11.0 Å². The molecule has 0 aliphatic heterocycles. The summed E-state index contributed by atoms with van der Waals surface area (Å²) in [6, 6.07) is 2.51. The zero-order valence-electron chi connectivity index (χ0n) is 11.5. The van der Waals surface area contributed by atoms with Gasteiger partial charge in [0.2, 0.25) is 5.82 Å². The summed E-state index contributed by atoms with van der Waals surface area (Å²) in [6.07, 6.45) is 0.849. The topological polar surface area (TPSA) is 21.3 Å². The van der Waals surface area contributed by atoms with Gasteiger partial charge in [-0.15, -0.1) is 0 Å². The van der Waals surface area contributed by atoms with Gasteiger partial charge in [-0.1, -0.05) is 29.8 Å². The van der Waals surface area contributed by atoms with Crippen molar-refractivity contribution < 1.29 is 13.5 Å². The fourth-order valence-electron chi connectivity index (χ4n) is 1.57. The quantitative estimate of drug-likeness (QED) is 0.597. The monoisotopic (exact) mass is 335 g/mol. The van der Waals surface area contributed by atoms with Gasteiger partial charge in [-0.25, -0.2) is 4.39 Å². The molecule has 1 unspecified atom stereocenters. The summed E-state index contributed by atoms with van der Waals surface area (Å²) in [5.41, 5.74) is 0. The molecule has 0 heterocycles. The van der Waals surface area contributed by atoms with Crippen LogP contribution in [0.15, 0.2) is 16.6 Å². The van der Waals surface area contributed by atoms with E-state index in [1.807, 2.05) is 6.92 Å². The minimum Gasteiger partial charge on any atom is -0.486 e. The Morgan fingerprint density at radius 2 is 1.95 bits per heavy atom. The first-order valence-corrected chi connectivity index (χ1v) is 7.21. The maximum atomic E-state index is 13.5. The summed E-state index contributed by atoms with van der Waals surface area (Å²) < 4.78 is 32.5. The molecule has 0 aromatic heterocycles. The second kappa shape index (κ2) is 7.80. The van der Waals surface area contributed by atoms with Crippen molar-refractivity contribution in [2.45, 2.75) is 33.3 Å². The van der Waals surface area contributed by atoms with Crippen molar-refractivity contribution in [2.75, 3.05) is 13.1 Å². The van der Waals surface area contributed by atoms with Crippen LogP contribution in [0.2, 0.25) is 0 Å². The third-order valence-corrected chi connectivity index (χ3v) is 3.08. The zero-order chi connectivity index (χ0) is 14.4. The number of hydrogen-bond donors (Lipinski definition) is 1. The molecule has 1 aromatic carbocycles. The van der Waals surface area contributed by atoms with Crippen LogP contribution in [0.1, 0.15) is 27.2 Å². The van der Waals surface area contributed by atoms with Crippen LogP contribution >= 0.6 is 15.9 Å². The molecule has 19 heavy (non-hydrogen) atoms. The normalized spacial score (nSPS) is 12.8. The summed E-state index contributed by atoms with van der Waals surface area (Å²) in [6.45, 7) is 7.62. The number of halogens is 3. The Hall–Kier alpha value is -0.680. The minimum absolute atomic E-state index is 0.0648.